The van der Waals surface area contributed by atoms with E-state index in [9.17, 15) is 9.59 Å². The van der Waals surface area contributed by atoms with E-state index in [0.29, 0.717) is 13.0 Å². The maximum Gasteiger partial charge on any atom is 0.303 e. The minimum atomic E-state index is -0.957. The van der Waals surface area contributed by atoms with Crippen LogP contribution in [0.15, 0.2) is 0 Å². The van der Waals surface area contributed by atoms with Gasteiger partial charge in [-0.3, -0.25) is 9.59 Å². The molecule has 0 heterocycles. The first-order valence-electron chi connectivity index (χ1n) is 4.94. The van der Waals surface area contributed by atoms with E-state index in [0.717, 1.165) is 0 Å². The number of hydrogen-bond donors (Lipinski definition) is 4. The third kappa shape index (κ3) is 5.46. The SMILES string of the molecule is NCCC(CN)C(=O)[C@@H](N)CCC(=O)O. The van der Waals surface area contributed by atoms with Crippen LogP contribution in [0.4, 0.5) is 0 Å². The largest absolute Gasteiger partial charge is 0.481 e. The zero-order valence-corrected chi connectivity index (χ0v) is 8.69. The van der Waals surface area contributed by atoms with Crippen molar-refractivity contribution in [1.82, 2.24) is 0 Å². The third-order valence-corrected chi connectivity index (χ3v) is 2.24. The van der Waals surface area contributed by atoms with E-state index < -0.39 is 12.0 Å². The maximum atomic E-state index is 11.6. The normalized spacial score (nSPS) is 14.6. The topological polar surface area (TPSA) is 132 Å². The molecule has 88 valence electrons. The van der Waals surface area contributed by atoms with Crippen molar-refractivity contribution in [2.45, 2.75) is 25.3 Å². The molecule has 0 amide bonds. The summed E-state index contributed by atoms with van der Waals surface area (Å²) in [5, 5.41) is 8.43. The summed E-state index contributed by atoms with van der Waals surface area (Å²) in [5.74, 6) is -1.50. The van der Waals surface area contributed by atoms with Crippen molar-refractivity contribution in [3.05, 3.63) is 0 Å². The number of carbonyl (C=O) groups is 2. The summed E-state index contributed by atoms with van der Waals surface area (Å²) in [4.78, 5) is 21.9. The fraction of sp³-hybridized carbons (Fsp3) is 0.778. The van der Waals surface area contributed by atoms with Crippen LogP contribution in [0.2, 0.25) is 0 Å². The van der Waals surface area contributed by atoms with Crippen LogP contribution in [-0.2, 0) is 9.59 Å². The van der Waals surface area contributed by atoms with Gasteiger partial charge in [0.05, 0.1) is 6.04 Å². The highest BCUT2D eigenvalue weighted by molar-refractivity contribution is 5.86. The van der Waals surface area contributed by atoms with Crippen LogP contribution in [0.25, 0.3) is 0 Å². The molecule has 0 rings (SSSR count). The molecule has 0 aromatic carbocycles. The summed E-state index contributed by atoms with van der Waals surface area (Å²) in [7, 11) is 0. The van der Waals surface area contributed by atoms with Crippen molar-refractivity contribution in [2.24, 2.45) is 23.1 Å². The van der Waals surface area contributed by atoms with Crippen LogP contribution in [0.1, 0.15) is 19.3 Å². The molecule has 0 saturated heterocycles. The van der Waals surface area contributed by atoms with Gasteiger partial charge in [-0.2, -0.15) is 0 Å². The average molecular weight is 217 g/mol. The first-order chi connectivity index (χ1) is 7.02. The molecule has 0 bridgehead atoms. The second-order valence-corrected chi connectivity index (χ2v) is 3.45. The molecular formula is C9H19N3O3. The van der Waals surface area contributed by atoms with Crippen molar-refractivity contribution in [1.29, 1.82) is 0 Å². The lowest BCUT2D eigenvalue weighted by Crippen LogP contribution is -2.39. The molecule has 7 N–H and O–H groups in total. The second kappa shape index (κ2) is 7.33. The molecule has 6 heteroatoms. The Balaban J connectivity index is 4.09. The van der Waals surface area contributed by atoms with Crippen molar-refractivity contribution in [2.75, 3.05) is 13.1 Å². The molecule has 0 aliphatic rings. The number of rotatable bonds is 8. The Bertz CT molecular complexity index is 221. The van der Waals surface area contributed by atoms with E-state index >= 15 is 0 Å². The monoisotopic (exact) mass is 217 g/mol. The van der Waals surface area contributed by atoms with E-state index in [2.05, 4.69) is 0 Å². The molecule has 0 aliphatic heterocycles. The number of carboxylic acids is 1. The Morgan fingerprint density at radius 1 is 1.20 bits per heavy atom. The highest BCUT2D eigenvalue weighted by Crippen LogP contribution is 2.07. The number of carbonyl (C=O) groups excluding carboxylic acids is 1. The molecule has 0 saturated carbocycles. The predicted octanol–water partition coefficient (Wildman–Crippen LogP) is -1.33. The smallest absolute Gasteiger partial charge is 0.303 e. The second-order valence-electron chi connectivity index (χ2n) is 3.45. The summed E-state index contributed by atoms with van der Waals surface area (Å²) in [6.07, 6.45) is 0.540. The zero-order chi connectivity index (χ0) is 11.8. The van der Waals surface area contributed by atoms with Gasteiger partial charge < -0.3 is 22.3 Å². The number of hydrogen-bond acceptors (Lipinski definition) is 5. The molecule has 15 heavy (non-hydrogen) atoms. The Kier molecular flexibility index (Phi) is 6.85. The van der Waals surface area contributed by atoms with Crippen molar-refractivity contribution < 1.29 is 14.7 Å². The predicted molar refractivity (Wildman–Crippen MR) is 56.1 cm³/mol. The van der Waals surface area contributed by atoms with E-state index in [1.165, 1.54) is 0 Å². The molecule has 0 aliphatic carbocycles. The summed E-state index contributed by atoms with van der Waals surface area (Å²) >= 11 is 0. The quantitative estimate of drug-likeness (QED) is 0.398. The molecule has 6 nitrogen and oxygen atoms in total. The Hall–Kier alpha value is -0.980. The van der Waals surface area contributed by atoms with Gasteiger partial charge in [0.15, 0.2) is 5.78 Å². The highest BCUT2D eigenvalue weighted by Gasteiger charge is 2.22. The molecule has 1 unspecified atom stereocenters. The van der Waals surface area contributed by atoms with Gasteiger partial charge in [0, 0.05) is 18.9 Å². The number of nitrogens with two attached hydrogens (primary N) is 3. The summed E-state index contributed by atoms with van der Waals surface area (Å²) in [5.41, 5.74) is 16.3. The van der Waals surface area contributed by atoms with Crippen LogP contribution < -0.4 is 17.2 Å². The summed E-state index contributed by atoms with van der Waals surface area (Å²) in [6, 6.07) is -0.749. The number of aliphatic carboxylic acids is 1. The van der Waals surface area contributed by atoms with Gasteiger partial charge in [-0.15, -0.1) is 0 Å². The molecule has 2 atom stereocenters. The average Bonchev–Trinajstić information content (AvgIpc) is 2.21. The lowest BCUT2D eigenvalue weighted by molar-refractivity contribution is -0.137. The Morgan fingerprint density at radius 3 is 2.20 bits per heavy atom. The van der Waals surface area contributed by atoms with Gasteiger partial charge in [-0.1, -0.05) is 0 Å². The molecule has 0 radical (unpaired) electrons. The molecule has 0 aromatic rings. The van der Waals surface area contributed by atoms with Crippen LogP contribution in [-0.4, -0.2) is 36.0 Å². The first kappa shape index (κ1) is 14.0. The highest BCUT2D eigenvalue weighted by atomic mass is 16.4. The van der Waals surface area contributed by atoms with E-state index in [1.54, 1.807) is 0 Å². The van der Waals surface area contributed by atoms with Crippen LogP contribution >= 0.6 is 0 Å². The van der Waals surface area contributed by atoms with E-state index in [4.69, 9.17) is 22.3 Å². The lowest BCUT2D eigenvalue weighted by Gasteiger charge is -2.17. The van der Waals surface area contributed by atoms with Gasteiger partial charge >= 0.3 is 5.97 Å². The molecule has 0 aromatic heterocycles. The maximum absolute atomic E-state index is 11.6. The Morgan fingerprint density at radius 2 is 1.80 bits per heavy atom. The lowest BCUT2D eigenvalue weighted by atomic mass is 9.93. The van der Waals surface area contributed by atoms with Crippen molar-refractivity contribution in [3.63, 3.8) is 0 Å². The minimum absolute atomic E-state index is 0.104. The Labute approximate surface area is 88.8 Å². The van der Waals surface area contributed by atoms with Crippen molar-refractivity contribution >= 4 is 11.8 Å². The zero-order valence-electron chi connectivity index (χ0n) is 8.69. The number of Topliss-reactive ketones (excluding diaryl/α,β-unsaturated/α-hetero) is 1. The molecule has 0 fully saturated rings. The number of ketones is 1. The standard InChI is InChI=1S/C9H19N3O3/c10-4-3-6(5-11)9(15)7(12)1-2-8(13)14/h6-7H,1-5,10-12H2,(H,13,14)/t6?,7-/m0/s1. The van der Waals surface area contributed by atoms with Gasteiger partial charge in [-0.05, 0) is 19.4 Å². The van der Waals surface area contributed by atoms with Gasteiger partial charge in [0.1, 0.15) is 0 Å². The third-order valence-electron chi connectivity index (χ3n) is 2.24. The first-order valence-corrected chi connectivity index (χ1v) is 4.94. The van der Waals surface area contributed by atoms with Crippen molar-refractivity contribution in [3.8, 4) is 0 Å². The summed E-state index contributed by atoms with van der Waals surface area (Å²) in [6.45, 7) is 0.579. The van der Waals surface area contributed by atoms with Crippen LogP contribution in [0.5, 0.6) is 0 Å². The van der Waals surface area contributed by atoms with E-state index in [1.807, 2.05) is 0 Å². The van der Waals surface area contributed by atoms with Crippen LogP contribution in [0, 0.1) is 5.92 Å². The number of carboxylic acid groups (broad SMARTS) is 1. The molecular weight excluding hydrogens is 198 g/mol. The van der Waals surface area contributed by atoms with Gasteiger partial charge in [-0.25, -0.2) is 0 Å². The van der Waals surface area contributed by atoms with Crippen LogP contribution in [0.3, 0.4) is 0 Å². The summed E-state index contributed by atoms with van der Waals surface area (Å²) < 4.78 is 0. The fourth-order valence-corrected chi connectivity index (χ4v) is 1.30. The van der Waals surface area contributed by atoms with E-state index in [-0.39, 0.29) is 31.1 Å². The minimum Gasteiger partial charge on any atom is -0.481 e. The van der Waals surface area contributed by atoms with Gasteiger partial charge in [0.2, 0.25) is 0 Å². The fourth-order valence-electron chi connectivity index (χ4n) is 1.30. The molecule has 0 spiro atoms. The van der Waals surface area contributed by atoms with Gasteiger partial charge in [0.25, 0.3) is 0 Å².